The Bertz CT molecular complexity index is 931. The molecule has 31 heavy (non-hydrogen) atoms. The molecule has 162 valence electrons. The zero-order chi connectivity index (χ0) is 21.5. The standard InChI is InChI=1S/C26H30N2O2S/c1-30-24-19-28(15-14-20-9-4-2-5-10-20)18-23(21-11-6-3-7-12-21)22(24)17-27-26(29)25-13-8-16-31-25/h2-13,16,22-24H,14-15,17-19H2,1H3,(H,27,29). The van der Waals surface area contributed by atoms with Crippen LogP contribution in [0.25, 0.3) is 0 Å². The molecule has 1 aromatic heterocycles. The summed E-state index contributed by atoms with van der Waals surface area (Å²) in [6, 6.07) is 25.1. The van der Waals surface area contributed by atoms with Crippen molar-refractivity contribution in [1.29, 1.82) is 0 Å². The highest BCUT2D eigenvalue weighted by atomic mass is 32.1. The largest absolute Gasteiger partial charge is 0.380 e. The van der Waals surface area contributed by atoms with Gasteiger partial charge in [-0.3, -0.25) is 9.69 Å². The Morgan fingerprint density at radius 3 is 2.45 bits per heavy atom. The molecule has 0 radical (unpaired) electrons. The van der Waals surface area contributed by atoms with Gasteiger partial charge in [-0.15, -0.1) is 11.3 Å². The van der Waals surface area contributed by atoms with Crippen molar-refractivity contribution < 1.29 is 9.53 Å². The van der Waals surface area contributed by atoms with Crippen LogP contribution in [-0.4, -0.2) is 50.2 Å². The third-order valence-corrected chi connectivity index (χ3v) is 7.09. The molecule has 0 aliphatic carbocycles. The summed E-state index contributed by atoms with van der Waals surface area (Å²) in [5.74, 6) is 0.534. The second kappa shape index (κ2) is 10.7. The van der Waals surface area contributed by atoms with E-state index in [-0.39, 0.29) is 17.9 Å². The number of nitrogens with one attached hydrogen (secondary N) is 1. The van der Waals surface area contributed by atoms with Crippen LogP contribution in [0.4, 0.5) is 0 Å². The molecule has 4 nitrogen and oxygen atoms in total. The lowest BCUT2D eigenvalue weighted by Gasteiger charge is -2.43. The van der Waals surface area contributed by atoms with E-state index in [1.807, 2.05) is 17.5 Å². The number of ether oxygens (including phenoxy) is 1. The molecule has 1 saturated heterocycles. The number of hydrogen-bond donors (Lipinski definition) is 1. The number of carbonyl (C=O) groups excluding carboxylic acids is 1. The maximum absolute atomic E-state index is 12.6. The van der Waals surface area contributed by atoms with Gasteiger partial charge in [-0.05, 0) is 29.0 Å². The Hall–Kier alpha value is -2.47. The summed E-state index contributed by atoms with van der Waals surface area (Å²) in [6.07, 6.45) is 1.09. The molecule has 3 unspecified atom stereocenters. The van der Waals surface area contributed by atoms with Gasteiger partial charge in [0.25, 0.3) is 5.91 Å². The molecule has 1 N–H and O–H groups in total. The van der Waals surface area contributed by atoms with Crippen molar-refractivity contribution in [2.75, 3.05) is 33.3 Å². The summed E-state index contributed by atoms with van der Waals surface area (Å²) in [5, 5.41) is 5.10. The fourth-order valence-electron chi connectivity index (χ4n) is 4.53. The molecule has 1 aliphatic heterocycles. The first-order valence-corrected chi connectivity index (χ1v) is 11.8. The van der Waals surface area contributed by atoms with Crippen molar-refractivity contribution in [2.45, 2.75) is 18.4 Å². The van der Waals surface area contributed by atoms with Crippen molar-refractivity contribution in [3.8, 4) is 0 Å². The van der Waals surface area contributed by atoms with Crippen LogP contribution in [0.15, 0.2) is 78.2 Å². The molecule has 1 fully saturated rings. The van der Waals surface area contributed by atoms with Gasteiger partial charge in [0, 0.05) is 45.1 Å². The first-order chi connectivity index (χ1) is 15.2. The Kier molecular flexibility index (Phi) is 7.52. The minimum absolute atomic E-state index is 0.00294. The first kappa shape index (κ1) is 21.8. The van der Waals surface area contributed by atoms with E-state index < -0.39 is 0 Å². The Morgan fingerprint density at radius 1 is 1.03 bits per heavy atom. The van der Waals surface area contributed by atoms with Crippen LogP contribution in [0.2, 0.25) is 0 Å². The zero-order valence-corrected chi connectivity index (χ0v) is 18.8. The van der Waals surface area contributed by atoms with Gasteiger partial charge in [0.1, 0.15) is 0 Å². The van der Waals surface area contributed by atoms with Gasteiger partial charge < -0.3 is 10.1 Å². The zero-order valence-electron chi connectivity index (χ0n) is 17.9. The number of nitrogens with zero attached hydrogens (tertiary/aromatic N) is 1. The topological polar surface area (TPSA) is 41.6 Å². The number of hydrogen-bond acceptors (Lipinski definition) is 4. The molecule has 0 saturated carbocycles. The monoisotopic (exact) mass is 434 g/mol. The second-order valence-corrected chi connectivity index (χ2v) is 9.09. The number of methoxy groups -OCH3 is 1. The summed E-state index contributed by atoms with van der Waals surface area (Å²) >= 11 is 1.47. The fraction of sp³-hybridized carbons (Fsp3) is 0.346. The highest BCUT2D eigenvalue weighted by Crippen LogP contribution is 2.34. The minimum atomic E-state index is 0.00294. The third-order valence-electron chi connectivity index (χ3n) is 6.22. The quantitative estimate of drug-likeness (QED) is 0.569. The van der Waals surface area contributed by atoms with E-state index in [1.54, 1.807) is 7.11 Å². The van der Waals surface area contributed by atoms with Crippen LogP contribution in [-0.2, 0) is 11.2 Å². The number of carbonyl (C=O) groups is 1. The van der Waals surface area contributed by atoms with Crippen molar-refractivity contribution in [2.24, 2.45) is 5.92 Å². The molecule has 5 heteroatoms. The molecule has 2 heterocycles. The second-order valence-electron chi connectivity index (χ2n) is 8.14. The average Bonchev–Trinajstić information content (AvgIpc) is 3.37. The van der Waals surface area contributed by atoms with E-state index in [0.29, 0.717) is 12.5 Å². The van der Waals surface area contributed by atoms with Crippen molar-refractivity contribution in [3.63, 3.8) is 0 Å². The third kappa shape index (κ3) is 5.62. The predicted molar refractivity (Wildman–Crippen MR) is 127 cm³/mol. The lowest BCUT2D eigenvalue weighted by atomic mass is 9.78. The van der Waals surface area contributed by atoms with Gasteiger partial charge in [-0.1, -0.05) is 66.7 Å². The highest BCUT2D eigenvalue weighted by Gasteiger charge is 2.37. The van der Waals surface area contributed by atoms with Crippen LogP contribution >= 0.6 is 11.3 Å². The number of piperidine rings is 1. The SMILES string of the molecule is COC1CN(CCc2ccccc2)CC(c2ccccc2)C1CNC(=O)c1cccs1. The van der Waals surface area contributed by atoms with E-state index in [4.69, 9.17) is 4.74 Å². The Labute approximate surface area is 188 Å². The first-order valence-electron chi connectivity index (χ1n) is 10.9. The maximum Gasteiger partial charge on any atom is 0.261 e. The van der Waals surface area contributed by atoms with Crippen LogP contribution < -0.4 is 5.32 Å². The number of benzene rings is 2. The van der Waals surface area contributed by atoms with Crippen LogP contribution in [0.3, 0.4) is 0 Å². The fourth-order valence-corrected chi connectivity index (χ4v) is 5.17. The smallest absolute Gasteiger partial charge is 0.261 e. The molecule has 3 atom stereocenters. The number of likely N-dealkylation sites (tertiary alicyclic amines) is 1. The van der Waals surface area contributed by atoms with Gasteiger partial charge in [-0.2, -0.15) is 0 Å². The minimum Gasteiger partial charge on any atom is -0.380 e. The van der Waals surface area contributed by atoms with Gasteiger partial charge in [0.05, 0.1) is 11.0 Å². The van der Waals surface area contributed by atoms with E-state index in [9.17, 15) is 4.79 Å². The average molecular weight is 435 g/mol. The van der Waals surface area contributed by atoms with Gasteiger partial charge in [0.2, 0.25) is 0 Å². The summed E-state index contributed by atoms with van der Waals surface area (Å²) < 4.78 is 5.97. The molecule has 1 aliphatic rings. The van der Waals surface area contributed by atoms with E-state index in [0.717, 1.165) is 30.9 Å². The lowest BCUT2D eigenvalue weighted by Crippen LogP contribution is -2.52. The Morgan fingerprint density at radius 2 is 1.77 bits per heavy atom. The maximum atomic E-state index is 12.6. The van der Waals surface area contributed by atoms with Crippen LogP contribution in [0, 0.1) is 5.92 Å². The molecule has 0 spiro atoms. The van der Waals surface area contributed by atoms with Crippen molar-refractivity contribution in [1.82, 2.24) is 10.2 Å². The summed E-state index contributed by atoms with van der Waals surface area (Å²) in [5.41, 5.74) is 2.67. The molecule has 3 aromatic rings. The van der Waals surface area contributed by atoms with Crippen LogP contribution in [0.5, 0.6) is 0 Å². The van der Waals surface area contributed by atoms with E-state index >= 15 is 0 Å². The lowest BCUT2D eigenvalue weighted by molar-refractivity contribution is -0.0214. The van der Waals surface area contributed by atoms with Crippen molar-refractivity contribution >= 4 is 17.2 Å². The normalized spacial score (nSPS) is 21.6. The van der Waals surface area contributed by atoms with E-state index in [2.05, 4.69) is 70.9 Å². The summed E-state index contributed by atoms with van der Waals surface area (Å²) in [4.78, 5) is 15.8. The molecular formula is C26H30N2O2S. The molecule has 2 aromatic carbocycles. The van der Waals surface area contributed by atoms with Gasteiger partial charge >= 0.3 is 0 Å². The molecule has 1 amide bonds. The molecule has 0 bridgehead atoms. The number of amides is 1. The highest BCUT2D eigenvalue weighted by molar-refractivity contribution is 7.12. The molecular weight excluding hydrogens is 404 g/mol. The van der Waals surface area contributed by atoms with Crippen LogP contribution in [0.1, 0.15) is 26.7 Å². The summed E-state index contributed by atoms with van der Waals surface area (Å²) in [7, 11) is 1.79. The number of rotatable bonds is 8. The van der Waals surface area contributed by atoms with Gasteiger partial charge in [-0.25, -0.2) is 0 Å². The van der Waals surface area contributed by atoms with Gasteiger partial charge in [0.15, 0.2) is 0 Å². The van der Waals surface area contributed by atoms with Crippen molar-refractivity contribution in [3.05, 3.63) is 94.2 Å². The summed E-state index contributed by atoms with van der Waals surface area (Å²) in [6.45, 7) is 3.46. The number of thiophene rings is 1. The van der Waals surface area contributed by atoms with E-state index in [1.165, 1.54) is 22.5 Å². The predicted octanol–water partition coefficient (Wildman–Crippen LogP) is 4.45. The molecule has 4 rings (SSSR count). The Balaban J connectivity index is 1.48.